The van der Waals surface area contributed by atoms with Crippen molar-refractivity contribution in [1.82, 2.24) is 19.5 Å². The number of pyridine rings is 2. The monoisotopic (exact) mass is 401 g/mol. The van der Waals surface area contributed by atoms with Gasteiger partial charge in [-0.1, -0.05) is 0 Å². The predicted molar refractivity (Wildman–Crippen MR) is 117 cm³/mol. The van der Waals surface area contributed by atoms with Crippen molar-refractivity contribution in [3.63, 3.8) is 0 Å². The second-order valence-corrected chi connectivity index (χ2v) is 7.35. The molecule has 0 aliphatic rings. The molecule has 152 valence electrons. The minimum absolute atomic E-state index is 0.0825. The zero-order chi connectivity index (χ0) is 21.3. The van der Waals surface area contributed by atoms with Gasteiger partial charge in [0.1, 0.15) is 17.4 Å². The molecular weight excluding hydrogens is 378 g/mol. The lowest BCUT2D eigenvalue weighted by Crippen LogP contribution is -2.13. The predicted octanol–water partition coefficient (Wildman–Crippen LogP) is 4.38. The number of carbonyl (C=O) groups is 1. The Hall–Kier alpha value is -3.74. The third-order valence-electron chi connectivity index (χ3n) is 4.79. The number of ether oxygens (including phenoxy) is 1. The first-order valence-corrected chi connectivity index (χ1v) is 9.74. The summed E-state index contributed by atoms with van der Waals surface area (Å²) in [7, 11) is 1.96. The smallest absolute Gasteiger partial charge is 0.256 e. The van der Waals surface area contributed by atoms with Crippen molar-refractivity contribution in [2.75, 3.05) is 5.32 Å². The van der Waals surface area contributed by atoms with E-state index in [1.165, 1.54) is 0 Å². The molecule has 7 nitrogen and oxygen atoms in total. The van der Waals surface area contributed by atoms with E-state index in [1.54, 1.807) is 42.7 Å². The maximum absolute atomic E-state index is 12.6. The zero-order valence-corrected chi connectivity index (χ0v) is 17.4. The first-order valence-electron chi connectivity index (χ1n) is 9.74. The Labute approximate surface area is 174 Å². The molecule has 0 spiro atoms. The average Bonchev–Trinajstić information content (AvgIpc) is 3.06. The minimum Gasteiger partial charge on any atom is -0.491 e. The van der Waals surface area contributed by atoms with Crippen molar-refractivity contribution < 1.29 is 9.53 Å². The molecule has 4 rings (SSSR count). The SMILES string of the molecule is Cc1ncc(-c2ccc3cnc(NC(=O)c4ccc(OC(C)C)cc4)cc3n2)n1C. The Balaban J connectivity index is 1.57. The molecule has 0 bridgehead atoms. The van der Waals surface area contributed by atoms with Crippen LogP contribution in [0.1, 0.15) is 30.0 Å². The molecule has 1 amide bonds. The molecular formula is C23H23N5O2. The van der Waals surface area contributed by atoms with Crippen LogP contribution in [0.15, 0.2) is 54.9 Å². The number of carbonyl (C=O) groups excluding carboxylic acids is 1. The molecule has 0 unspecified atom stereocenters. The van der Waals surface area contributed by atoms with Crippen LogP contribution in [0.5, 0.6) is 5.75 Å². The van der Waals surface area contributed by atoms with E-state index >= 15 is 0 Å². The average molecular weight is 401 g/mol. The molecule has 1 aromatic carbocycles. The second kappa shape index (κ2) is 7.94. The van der Waals surface area contributed by atoms with Crippen LogP contribution in [0.2, 0.25) is 0 Å². The van der Waals surface area contributed by atoms with E-state index in [0.717, 1.165) is 33.9 Å². The van der Waals surface area contributed by atoms with Crippen LogP contribution in [-0.2, 0) is 7.05 Å². The molecule has 4 aromatic rings. The molecule has 3 aromatic heterocycles. The maximum Gasteiger partial charge on any atom is 0.256 e. The number of aromatic nitrogens is 4. The van der Waals surface area contributed by atoms with Crippen molar-refractivity contribution in [3.8, 4) is 17.1 Å². The number of nitrogens with one attached hydrogen (secondary N) is 1. The summed E-state index contributed by atoms with van der Waals surface area (Å²) in [6.07, 6.45) is 3.59. The van der Waals surface area contributed by atoms with Crippen molar-refractivity contribution >= 4 is 22.6 Å². The molecule has 0 saturated heterocycles. The normalized spacial score (nSPS) is 11.1. The van der Waals surface area contributed by atoms with Crippen LogP contribution < -0.4 is 10.1 Å². The summed E-state index contributed by atoms with van der Waals surface area (Å²) >= 11 is 0. The van der Waals surface area contributed by atoms with E-state index in [1.807, 2.05) is 44.5 Å². The molecule has 1 N–H and O–H groups in total. The fourth-order valence-corrected chi connectivity index (χ4v) is 3.11. The van der Waals surface area contributed by atoms with Crippen LogP contribution in [0, 0.1) is 6.92 Å². The maximum atomic E-state index is 12.6. The third-order valence-corrected chi connectivity index (χ3v) is 4.79. The lowest BCUT2D eigenvalue weighted by atomic mass is 10.2. The van der Waals surface area contributed by atoms with Gasteiger partial charge in [0.05, 0.1) is 29.2 Å². The molecule has 30 heavy (non-hydrogen) atoms. The highest BCUT2D eigenvalue weighted by Gasteiger charge is 2.11. The highest BCUT2D eigenvalue weighted by atomic mass is 16.5. The Kier molecular flexibility index (Phi) is 5.18. The van der Waals surface area contributed by atoms with Crippen LogP contribution in [0.25, 0.3) is 22.3 Å². The number of hydrogen-bond acceptors (Lipinski definition) is 5. The van der Waals surface area contributed by atoms with Crippen molar-refractivity contribution in [2.45, 2.75) is 26.9 Å². The fourth-order valence-electron chi connectivity index (χ4n) is 3.11. The van der Waals surface area contributed by atoms with E-state index in [-0.39, 0.29) is 12.0 Å². The van der Waals surface area contributed by atoms with Crippen LogP contribution in [0.3, 0.4) is 0 Å². The standard InChI is InChI=1S/C23H23N5O2/c1-14(2)30-18-8-5-16(6-9-18)23(29)27-22-11-20-17(12-25-22)7-10-19(26-20)21-13-24-15(3)28(21)4/h5-14H,1-4H3,(H,25,27,29). The number of rotatable bonds is 5. The number of imidazole rings is 1. The third kappa shape index (κ3) is 4.00. The van der Waals surface area contributed by atoms with Crippen molar-refractivity contribution in [1.29, 1.82) is 0 Å². The molecule has 0 aliphatic carbocycles. The second-order valence-electron chi connectivity index (χ2n) is 7.35. The minimum atomic E-state index is -0.239. The van der Waals surface area contributed by atoms with Gasteiger partial charge in [0, 0.05) is 30.3 Å². The highest BCUT2D eigenvalue weighted by molar-refractivity contribution is 6.04. The number of nitrogens with zero attached hydrogens (tertiary/aromatic N) is 4. The lowest BCUT2D eigenvalue weighted by Gasteiger charge is -2.10. The number of amides is 1. The van der Waals surface area contributed by atoms with E-state index in [0.29, 0.717) is 11.4 Å². The summed E-state index contributed by atoms with van der Waals surface area (Å²) in [5, 5.41) is 3.73. The molecule has 3 heterocycles. The molecule has 0 fully saturated rings. The zero-order valence-electron chi connectivity index (χ0n) is 17.4. The fraction of sp³-hybridized carbons (Fsp3) is 0.217. The molecule has 0 radical (unpaired) electrons. The van der Waals surface area contributed by atoms with Crippen LogP contribution >= 0.6 is 0 Å². The van der Waals surface area contributed by atoms with E-state index < -0.39 is 0 Å². The Morgan fingerprint density at radius 1 is 1.07 bits per heavy atom. The Bertz CT molecular complexity index is 1210. The van der Waals surface area contributed by atoms with Gasteiger partial charge in [-0.2, -0.15) is 0 Å². The number of aryl methyl sites for hydroxylation is 1. The summed E-state index contributed by atoms with van der Waals surface area (Å²) in [4.78, 5) is 26.0. The quantitative estimate of drug-likeness (QED) is 0.537. The number of fused-ring (bicyclic) bond motifs is 1. The van der Waals surface area contributed by atoms with E-state index in [4.69, 9.17) is 9.72 Å². The number of anilines is 1. The summed E-state index contributed by atoms with van der Waals surface area (Å²) < 4.78 is 7.61. The van der Waals surface area contributed by atoms with Gasteiger partial charge in [0.2, 0.25) is 0 Å². The van der Waals surface area contributed by atoms with Gasteiger partial charge in [-0.25, -0.2) is 15.0 Å². The number of hydrogen-bond donors (Lipinski definition) is 1. The Morgan fingerprint density at radius 2 is 1.83 bits per heavy atom. The van der Waals surface area contributed by atoms with Crippen LogP contribution in [0.4, 0.5) is 5.82 Å². The van der Waals surface area contributed by atoms with Gasteiger partial charge in [-0.05, 0) is 57.2 Å². The van der Waals surface area contributed by atoms with Gasteiger partial charge >= 0.3 is 0 Å². The summed E-state index contributed by atoms with van der Waals surface area (Å²) in [5.74, 6) is 1.85. The highest BCUT2D eigenvalue weighted by Crippen LogP contribution is 2.23. The van der Waals surface area contributed by atoms with Gasteiger partial charge in [-0.15, -0.1) is 0 Å². The largest absolute Gasteiger partial charge is 0.491 e. The summed E-state index contributed by atoms with van der Waals surface area (Å²) in [5.41, 5.74) is 3.02. The molecule has 0 atom stereocenters. The van der Waals surface area contributed by atoms with E-state index in [9.17, 15) is 4.79 Å². The molecule has 7 heteroatoms. The van der Waals surface area contributed by atoms with Gasteiger partial charge in [0.25, 0.3) is 5.91 Å². The number of benzene rings is 1. The topological polar surface area (TPSA) is 81.9 Å². The van der Waals surface area contributed by atoms with Crippen molar-refractivity contribution in [3.05, 3.63) is 66.2 Å². The molecule has 0 aliphatic heterocycles. The summed E-state index contributed by atoms with van der Waals surface area (Å²) in [6.45, 7) is 5.87. The van der Waals surface area contributed by atoms with Gasteiger partial charge in [0.15, 0.2) is 0 Å². The van der Waals surface area contributed by atoms with Crippen LogP contribution in [-0.4, -0.2) is 31.5 Å². The Morgan fingerprint density at radius 3 is 2.50 bits per heavy atom. The van der Waals surface area contributed by atoms with Gasteiger partial charge in [-0.3, -0.25) is 4.79 Å². The van der Waals surface area contributed by atoms with Gasteiger partial charge < -0.3 is 14.6 Å². The molecule has 0 saturated carbocycles. The summed E-state index contributed by atoms with van der Waals surface area (Å²) in [6, 6.07) is 12.7. The first-order chi connectivity index (χ1) is 14.4. The van der Waals surface area contributed by atoms with E-state index in [2.05, 4.69) is 15.3 Å². The lowest BCUT2D eigenvalue weighted by molar-refractivity contribution is 0.102. The first kappa shape index (κ1) is 19.6. The van der Waals surface area contributed by atoms with Crippen molar-refractivity contribution in [2.24, 2.45) is 7.05 Å².